The average molecular weight is 206 g/mol. The van der Waals surface area contributed by atoms with E-state index in [4.69, 9.17) is 0 Å². The molecular formula is C9H10N4O2. The summed E-state index contributed by atoms with van der Waals surface area (Å²) in [6.45, 7) is 1.77. The lowest BCUT2D eigenvalue weighted by Gasteiger charge is -2.00. The summed E-state index contributed by atoms with van der Waals surface area (Å²) in [5.74, 6) is -0.346. The third-order valence-corrected chi connectivity index (χ3v) is 2.22. The number of nitrogens with one attached hydrogen (secondary N) is 3. The summed E-state index contributed by atoms with van der Waals surface area (Å²) < 4.78 is 0. The number of H-pyrrole nitrogens is 2. The molecule has 0 aliphatic carbocycles. The van der Waals surface area contributed by atoms with Gasteiger partial charge in [0.05, 0.1) is 11.2 Å². The minimum Gasteiger partial charge on any atom is -0.354 e. The summed E-state index contributed by atoms with van der Waals surface area (Å²) in [7, 11) is 1.50. The molecule has 0 bridgehead atoms. The summed E-state index contributed by atoms with van der Waals surface area (Å²) >= 11 is 0. The molecule has 6 heteroatoms. The van der Waals surface area contributed by atoms with Crippen molar-refractivity contribution in [3.63, 3.8) is 0 Å². The largest absolute Gasteiger partial charge is 0.354 e. The Bertz CT molecular complexity index is 581. The number of pyridine rings is 1. The molecule has 2 rings (SSSR count). The second-order valence-electron chi connectivity index (χ2n) is 3.19. The van der Waals surface area contributed by atoms with E-state index in [2.05, 4.69) is 20.5 Å². The fourth-order valence-electron chi connectivity index (χ4n) is 1.46. The van der Waals surface area contributed by atoms with Crippen LogP contribution in [0.2, 0.25) is 0 Å². The van der Waals surface area contributed by atoms with Crippen LogP contribution in [0.4, 0.5) is 0 Å². The summed E-state index contributed by atoms with van der Waals surface area (Å²) in [6.07, 6.45) is 0. The molecule has 6 nitrogen and oxygen atoms in total. The molecule has 15 heavy (non-hydrogen) atoms. The number of nitrogens with zero attached hydrogens (tertiary/aromatic N) is 1. The lowest BCUT2D eigenvalue weighted by atomic mass is 10.2. The van der Waals surface area contributed by atoms with Gasteiger partial charge >= 0.3 is 0 Å². The first-order valence-corrected chi connectivity index (χ1v) is 4.43. The van der Waals surface area contributed by atoms with Crippen LogP contribution in [0.15, 0.2) is 10.9 Å². The lowest BCUT2D eigenvalue weighted by molar-refractivity contribution is 0.0959. The molecule has 0 fully saturated rings. The minimum absolute atomic E-state index is 0.209. The number of aromatic amines is 2. The Balaban J connectivity index is 2.84. The Morgan fingerprint density at radius 3 is 2.93 bits per heavy atom. The van der Waals surface area contributed by atoms with Gasteiger partial charge in [0.2, 0.25) is 5.56 Å². The normalized spacial score (nSPS) is 10.5. The van der Waals surface area contributed by atoms with E-state index in [9.17, 15) is 9.59 Å². The van der Waals surface area contributed by atoms with Crippen molar-refractivity contribution in [3.8, 4) is 0 Å². The Morgan fingerprint density at radius 2 is 2.27 bits per heavy atom. The van der Waals surface area contributed by atoms with Crippen LogP contribution in [-0.2, 0) is 0 Å². The van der Waals surface area contributed by atoms with Crippen molar-refractivity contribution < 1.29 is 4.79 Å². The van der Waals surface area contributed by atoms with Crippen LogP contribution in [0.1, 0.15) is 16.2 Å². The van der Waals surface area contributed by atoms with E-state index < -0.39 is 0 Å². The van der Waals surface area contributed by atoms with Gasteiger partial charge in [-0.3, -0.25) is 14.7 Å². The zero-order chi connectivity index (χ0) is 11.0. The zero-order valence-corrected chi connectivity index (χ0v) is 8.34. The monoisotopic (exact) mass is 206 g/mol. The zero-order valence-electron chi connectivity index (χ0n) is 8.34. The molecule has 0 spiro atoms. The third-order valence-electron chi connectivity index (χ3n) is 2.22. The summed E-state index contributed by atoms with van der Waals surface area (Å²) in [4.78, 5) is 25.2. The van der Waals surface area contributed by atoms with E-state index in [0.717, 1.165) is 0 Å². The van der Waals surface area contributed by atoms with Gasteiger partial charge in [-0.05, 0) is 6.92 Å². The van der Waals surface area contributed by atoms with Crippen molar-refractivity contribution in [2.24, 2.45) is 0 Å². The average Bonchev–Trinajstić information content (AvgIpc) is 2.58. The maximum absolute atomic E-state index is 11.5. The predicted octanol–water partition coefficient (Wildman–Crippen LogP) is -0.0808. The maximum Gasteiger partial charge on any atom is 0.269 e. The molecule has 0 unspecified atom stereocenters. The Morgan fingerprint density at radius 1 is 1.53 bits per heavy atom. The molecule has 2 aromatic rings. The first-order valence-electron chi connectivity index (χ1n) is 4.43. The highest BCUT2D eigenvalue weighted by molar-refractivity contribution is 6.03. The molecule has 2 heterocycles. The highest BCUT2D eigenvalue weighted by atomic mass is 16.2. The highest BCUT2D eigenvalue weighted by Gasteiger charge is 2.13. The van der Waals surface area contributed by atoms with E-state index in [1.165, 1.54) is 13.1 Å². The predicted molar refractivity (Wildman–Crippen MR) is 54.8 cm³/mol. The Kier molecular flexibility index (Phi) is 2.03. The molecule has 0 aromatic carbocycles. The number of amides is 1. The van der Waals surface area contributed by atoms with Gasteiger partial charge in [-0.15, -0.1) is 0 Å². The van der Waals surface area contributed by atoms with Crippen LogP contribution >= 0.6 is 0 Å². The number of carbonyl (C=O) groups is 1. The van der Waals surface area contributed by atoms with Gasteiger partial charge in [0.25, 0.3) is 5.91 Å². The molecule has 2 aromatic heterocycles. The number of carbonyl (C=O) groups excluding carboxylic acids is 1. The second kappa shape index (κ2) is 3.23. The van der Waals surface area contributed by atoms with E-state index in [1.54, 1.807) is 6.92 Å². The molecule has 0 aliphatic heterocycles. The molecule has 0 radical (unpaired) electrons. The number of hydrogen-bond acceptors (Lipinski definition) is 3. The smallest absolute Gasteiger partial charge is 0.269 e. The van der Waals surface area contributed by atoms with Crippen molar-refractivity contribution in [3.05, 3.63) is 27.8 Å². The van der Waals surface area contributed by atoms with Crippen molar-refractivity contribution >= 4 is 16.8 Å². The van der Waals surface area contributed by atoms with Crippen molar-refractivity contribution in [1.29, 1.82) is 0 Å². The first kappa shape index (κ1) is 9.45. The van der Waals surface area contributed by atoms with Crippen LogP contribution in [0.5, 0.6) is 0 Å². The Hall–Kier alpha value is -2.11. The first-order chi connectivity index (χ1) is 7.13. The van der Waals surface area contributed by atoms with Crippen molar-refractivity contribution in [1.82, 2.24) is 20.5 Å². The second-order valence-corrected chi connectivity index (χ2v) is 3.19. The van der Waals surface area contributed by atoms with Gasteiger partial charge in [-0.25, -0.2) is 0 Å². The quantitative estimate of drug-likeness (QED) is 0.609. The van der Waals surface area contributed by atoms with Gasteiger partial charge in [0.15, 0.2) is 0 Å². The van der Waals surface area contributed by atoms with Crippen molar-refractivity contribution in [2.45, 2.75) is 6.92 Å². The topological polar surface area (TPSA) is 90.6 Å². The van der Waals surface area contributed by atoms with E-state index in [0.29, 0.717) is 16.6 Å². The van der Waals surface area contributed by atoms with E-state index in [1.807, 2.05) is 0 Å². The molecule has 3 N–H and O–H groups in total. The highest BCUT2D eigenvalue weighted by Crippen LogP contribution is 2.14. The molecule has 0 saturated heterocycles. The van der Waals surface area contributed by atoms with Gasteiger partial charge in [0.1, 0.15) is 5.69 Å². The van der Waals surface area contributed by atoms with Crippen LogP contribution < -0.4 is 10.9 Å². The number of aryl methyl sites for hydroxylation is 1. The van der Waals surface area contributed by atoms with E-state index in [-0.39, 0.29) is 17.2 Å². The standard InChI is InChI=1S/C9H10N4O2/c1-4-5-3-6(14)11-8(9(15)10-2)7(5)13-12-4/h3H,1-2H3,(H,10,15)(H,11,14)(H,12,13). The summed E-state index contributed by atoms with van der Waals surface area (Å²) in [5.41, 5.74) is 1.14. The van der Waals surface area contributed by atoms with Gasteiger partial charge in [0, 0.05) is 18.5 Å². The lowest BCUT2D eigenvalue weighted by Crippen LogP contribution is -2.22. The third kappa shape index (κ3) is 1.39. The summed E-state index contributed by atoms with van der Waals surface area (Å²) in [5, 5.41) is 9.79. The molecular weight excluding hydrogens is 196 g/mol. The van der Waals surface area contributed by atoms with Crippen molar-refractivity contribution in [2.75, 3.05) is 7.05 Å². The van der Waals surface area contributed by atoms with Gasteiger partial charge in [-0.2, -0.15) is 5.10 Å². The van der Waals surface area contributed by atoms with E-state index >= 15 is 0 Å². The number of fused-ring (bicyclic) bond motifs is 1. The molecule has 0 aliphatic rings. The van der Waals surface area contributed by atoms with Crippen LogP contribution in [0, 0.1) is 6.92 Å². The molecule has 1 amide bonds. The van der Waals surface area contributed by atoms with Crippen LogP contribution in [0.25, 0.3) is 10.9 Å². The summed E-state index contributed by atoms with van der Waals surface area (Å²) in [6, 6.07) is 1.42. The van der Waals surface area contributed by atoms with Crippen LogP contribution in [-0.4, -0.2) is 28.1 Å². The molecule has 0 saturated carbocycles. The number of hydrogen-bond donors (Lipinski definition) is 3. The SMILES string of the molecule is CNC(=O)c1[nH]c(=O)cc2c(C)n[nH]c12. The minimum atomic E-state index is -0.346. The maximum atomic E-state index is 11.5. The van der Waals surface area contributed by atoms with Gasteiger partial charge < -0.3 is 10.3 Å². The van der Waals surface area contributed by atoms with Gasteiger partial charge in [-0.1, -0.05) is 0 Å². The number of rotatable bonds is 1. The fraction of sp³-hybridized carbons (Fsp3) is 0.222. The van der Waals surface area contributed by atoms with Crippen LogP contribution in [0.3, 0.4) is 0 Å². The molecule has 78 valence electrons. The molecule has 0 atom stereocenters. The fourth-order valence-corrected chi connectivity index (χ4v) is 1.46. The number of aromatic nitrogens is 3. The Labute approximate surface area is 84.7 Å².